The number of fused-ring (bicyclic) bond motifs is 1. The van der Waals surface area contributed by atoms with Crippen LogP contribution in [0.15, 0.2) is 48.5 Å². The van der Waals surface area contributed by atoms with Crippen LogP contribution in [0.5, 0.6) is 5.75 Å². The zero-order valence-electron chi connectivity index (χ0n) is 18.9. The molecule has 2 fully saturated rings. The molecule has 0 atom stereocenters. The first kappa shape index (κ1) is 21.4. The van der Waals surface area contributed by atoms with Crippen molar-refractivity contribution in [3.8, 4) is 5.75 Å². The third-order valence-electron chi connectivity index (χ3n) is 6.96. The second-order valence-electron chi connectivity index (χ2n) is 9.24. The molecular formula is C26H34N4O2. The van der Waals surface area contributed by atoms with Gasteiger partial charge in [-0.1, -0.05) is 42.5 Å². The smallest absolute Gasteiger partial charge is 0.236 e. The molecule has 0 aromatic heterocycles. The van der Waals surface area contributed by atoms with Gasteiger partial charge in [-0.2, -0.15) is 0 Å². The predicted molar refractivity (Wildman–Crippen MR) is 126 cm³/mol. The first-order valence-electron chi connectivity index (χ1n) is 12.0. The van der Waals surface area contributed by atoms with Crippen molar-refractivity contribution >= 4 is 5.91 Å². The highest BCUT2D eigenvalue weighted by Crippen LogP contribution is 2.26. The van der Waals surface area contributed by atoms with E-state index in [2.05, 4.69) is 68.1 Å². The Balaban J connectivity index is 1.03. The molecule has 6 heteroatoms. The van der Waals surface area contributed by atoms with Crippen molar-refractivity contribution in [1.82, 2.24) is 19.6 Å². The van der Waals surface area contributed by atoms with Gasteiger partial charge in [0, 0.05) is 71.9 Å². The first-order chi connectivity index (χ1) is 15.7. The Kier molecular flexibility index (Phi) is 6.72. The maximum atomic E-state index is 12.9. The third kappa shape index (κ3) is 5.31. The number of nitrogens with zero attached hydrogens (tertiary/aromatic N) is 4. The van der Waals surface area contributed by atoms with Crippen molar-refractivity contribution < 1.29 is 9.53 Å². The lowest BCUT2D eigenvalue weighted by Gasteiger charge is -2.38. The summed E-state index contributed by atoms with van der Waals surface area (Å²) in [4.78, 5) is 22.2. The summed E-state index contributed by atoms with van der Waals surface area (Å²) in [6, 6.07) is 17.2. The molecule has 0 spiro atoms. The number of ether oxygens (including phenoxy) is 1. The largest absolute Gasteiger partial charge is 0.493 e. The summed E-state index contributed by atoms with van der Waals surface area (Å²) >= 11 is 0. The molecule has 2 aromatic rings. The van der Waals surface area contributed by atoms with E-state index < -0.39 is 0 Å². The molecule has 5 rings (SSSR count). The zero-order chi connectivity index (χ0) is 21.8. The summed E-state index contributed by atoms with van der Waals surface area (Å²) < 4.78 is 5.61. The van der Waals surface area contributed by atoms with Gasteiger partial charge in [0.15, 0.2) is 0 Å². The molecule has 0 bridgehead atoms. The Morgan fingerprint density at radius 3 is 2.16 bits per heavy atom. The second-order valence-corrected chi connectivity index (χ2v) is 9.24. The van der Waals surface area contributed by atoms with Crippen molar-refractivity contribution in [1.29, 1.82) is 0 Å². The lowest BCUT2D eigenvalue weighted by atomic mass is 10.1. The van der Waals surface area contributed by atoms with Crippen LogP contribution in [0.3, 0.4) is 0 Å². The molecule has 170 valence electrons. The summed E-state index contributed by atoms with van der Waals surface area (Å²) in [5.41, 5.74) is 4.05. The molecule has 3 heterocycles. The normalized spacial score (nSPS) is 20.2. The topological polar surface area (TPSA) is 39.3 Å². The van der Waals surface area contributed by atoms with E-state index in [9.17, 15) is 4.79 Å². The maximum absolute atomic E-state index is 12.9. The summed E-state index contributed by atoms with van der Waals surface area (Å²) in [6.45, 7) is 10.9. The molecule has 1 amide bonds. The van der Waals surface area contributed by atoms with Gasteiger partial charge in [-0.3, -0.25) is 19.5 Å². The Bertz CT molecular complexity index is 903. The molecule has 2 aromatic carbocycles. The van der Waals surface area contributed by atoms with Crippen molar-refractivity contribution in [3.05, 3.63) is 65.2 Å². The maximum Gasteiger partial charge on any atom is 0.236 e. The number of piperazine rings is 2. The van der Waals surface area contributed by atoms with Crippen LogP contribution in [0.2, 0.25) is 0 Å². The van der Waals surface area contributed by atoms with Gasteiger partial charge >= 0.3 is 0 Å². The molecule has 0 unspecified atom stereocenters. The molecular weight excluding hydrogens is 400 g/mol. The number of carbonyl (C=O) groups is 1. The molecule has 6 nitrogen and oxygen atoms in total. The van der Waals surface area contributed by atoms with Gasteiger partial charge in [-0.05, 0) is 22.8 Å². The van der Waals surface area contributed by atoms with E-state index in [0.29, 0.717) is 6.54 Å². The fourth-order valence-corrected chi connectivity index (χ4v) is 4.99. The van der Waals surface area contributed by atoms with E-state index in [1.807, 2.05) is 0 Å². The molecule has 32 heavy (non-hydrogen) atoms. The van der Waals surface area contributed by atoms with Crippen LogP contribution in [-0.4, -0.2) is 91.0 Å². The van der Waals surface area contributed by atoms with Crippen LogP contribution in [0.1, 0.15) is 16.7 Å². The minimum absolute atomic E-state index is 0.288. The molecule has 0 N–H and O–H groups in total. The summed E-state index contributed by atoms with van der Waals surface area (Å²) in [6.07, 6.45) is 1.02. The molecule has 3 aliphatic heterocycles. The number of hydrogen-bond acceptors (Lipinski definition) is 5. The van der Waals surface area contributed by atoms with Gasteiger partial charge in [0.25, 0.3) is 0 Å². The summed E-state index contributed by atoms with van der Waals surface area (Å²) in [7, 11) is 0. The van der Waals surface area contributed by atoms with Gasteiger partial charge in [0.1, 0.15) is 5.75 Å². The van der Waals surface area contributed by atoms with Crippen molar-refractivity contribution in [2.24, 2.45) is 0 Å². The molecule has 0 radical (unpaired) electrons. The van der Waals surface area contributed by atoms with Gasteiger partial charge in [-0.25, -0.2) is 0 Å². The van der Waals surface area contributed by atoms with Crippen molar-refractivity contribution in [2.45, 2.75) is 19.5 Å². The van der Waals surface area contributed by atoms with E-state index in [4.69, 9.17) is 4.74 Å². The highest BCUT2D eigenvalue weighted by molar-refractivity contribution is 5.78. The highest BCUT2D eigenvalue weighted by atomic mass is 16.5. The Morgan fingerprint density at radius 2 is 1.41 bits per heavy atom. The van der Waals surface area contributed by atoms with E-state index in [0.717, 1.165) is 84.2 Å². The Hall–Kier alpha value is -2.41. The second kappa shape index (κ2) is 10.0. The standard InChI is InChI=1S/C26H34N4O2/c31-26(21-29-11-9-27(10-12-29)19-22-4-2-1-3-5-22)30-15-13-28(14-16-30)20-23-6-7-25-24(18-23)8-17-32-25/h1-7,18H,8-17,19-21H2. The average Bonchev–Trinajstić information content (AvgIpc) is 3.29. The van der Waals surface area contributed by atoms with E-state index in [1.54, 1.807) is 0 Å². The summed E-state index contributed by atoms with van der Waals surface area (Å²) in [5, 5.41) is 0. The Labute approximate surface area is 191 Å². The van der Waals surface area contributed by atoms with Gasteiger partial charge in [-0.15, -0.1) is 0 Å². The Morgan fingerprint density at radius 1 is 0.750 bits per heavy atom. The van der Waals surface area contributed by atoms with Crippen molar-refractivity contribution in [2.75, 3.05) is 65.5 Å². The van der Waals surface area contributed by atoms with Gasteiger partial charge in [0.2, 0.25) is 5.91 Å². The number of rotatable bonds is 6. The van der Waals surface area contributed by atoms with E-state index >= 15 is 0 Å². The fraction of sp³-hybridized carbons (Fsp3) is 0.500. The number of amides is 1. The number of benzene rings is 2. The SMILES string of the molecule is O=C(CN1CCN(Cc2ccccc2)CC1)N1CCN(Cc2ccc3c(c2)CCO3)CC1. The zero-order valence-corrected chi connectivity index (χ0v) is 18.9. The minimum Gasteiger partial charge on any atom is -0.493 e. The number of hydrogen-bond donors (Lipinski definition) is 0. The highest BCUT2D eigenvalue weighted by Gasteiger charge is 2.25. The average molecular weight is 435 g/mol. The summed E-state index contributed by atoms with van der Waals surface area (Å²) in [5.74, 6) is 1.33. The molecule has 2 saturated heterocycles. The predicted octanol–water partition coefficient (Wildman–Crippen LogP) is 2.08. The lowest BCUT2D eigenvalue weighted by molar-refractivity contribution is -0.134. The van der Waals surface area contributed by atoms with Gasteiger partial charge in [0.05, 0.1) is 13.2 Å². The van der Waals surface area contributed by atoms with Crippen LogP contribution >= 0.6 is 0 Å². The fourth-order valence-electron chi connectivity index (χ4n) is 4.99. The first-order valence-corrected chi connectivity index (χ1v) is 12.0. The number of carbonyl (C=O) groups excluding carboxylic acids is 1. The van der Waals surface area contributed by atoms with Gasteiger partial charge < -0.3 is 9.64 Å². The van der Waals surface area contributed by atoms with E-state index in [-0.39, 0.29) is 5.91 Å². The minimum atomic E-state index is 0.288. The third-order valence-corrected chi connectivity index (χ3v) is 6.96. The molecule has 0 aliphatic carbocycles. The van der Waals surface area contributed by atoms with Crippen molar-refractivity contribution in [3.63, 3.8) is 0 Å². The van der Waals surface area contributed by atoms with Crippen LogP contribution in [0.25, 0.3) is 0 Å². The molecule has 3 aliphatic rings. The lowest BCUT2D eigenvalue weighted by Crippen LogP contribution is -2.53. The van der Waals surface area contributed by atoms with Crippen LogP contribution in [-0.2, 0) is 24.3 Å². The van der Waals surface area contributed by atoms with Crippen LogP contribution < -0.4 is 4.74 Å². The van der Waals surface area contributed by atoms with E-state index in [1.165, 1.54) is 16.7 Å². The van der Waals surface area contributed by atoms with Crippen LogP contribution in [0, 0.1) is 0 Å². The quantitative estimate of drug-likeness (QED) is 0.696. The monoisotopic (exact) mass is 434 g/mol. The van der Waals surface area contributed by atoms with Crippen LogP contribution in [0.4, 0.5) is 0 Å². The molecule has 0 saturated carbocycles.